The number of nitrogens with zero attached hydrogens (tertiary/aromatic N) is 1. The minimum Gasteiger partial charge on any atom is -0.478 e. The number of benzene rings is 1. The Morgan fingerprint density at radius 2 is 2.11 bits per heavy atom. The molecule has 0 aromatic heterocycles. The maximum Gasteiger partial charge on any atom is 0.335 e. The van der Waals surface area contributed by atoms with Gasteiger partial charge in [0.25, 0.3) is 0 Å². The number of carbonyl (C=O) groups is 2. The van der Waals surface area contributed by atoms with Crippen molar-refractivity contribution >= 4 is 11.9 Å². The predicted octanol–water partition coefficient (Wildman–Crippen LogP) is 1.34. The zero-order chi connectivity index (χ0) is 14.4. The SMILES string of the molecule is CCN(C)C(=O)C(C)NCc1cccc(C(=O)O)c1. The van der Waals surface area contributed by atoms with Crippen LogP contribution in [0.25, 0.3) is 0 Å². The van der Waals surface area contributed by atoms with Gasteiger partial charge in [-0.2, -0.15) is 0 Å². The van der Waals surface area contributed by atoms with Gasteiger partial charge in [0.2, 0.25) is 5.91 Å². The van der Waals surface area contributed by atoms with Crippen molar-refractivity contribution in [3.05, 3.63) is 35.4 Å². The highest BCUT2D eigenvalue weighted by Gasteiger charge is 2.15. The number of likely N-dealkylation sites (N-methyl/N-ethyl adjacent to an activating group) is 1. The van der Waals surface area contributed by atoms with Crippen LogP contribution in [0.2, 0.25) is 0 Å². The molecule has 1 aromatic carbocycles. The van der Waals surface area contributed by atoms with Crippen LogP contribution in [-0.4, -0.2) is 41.5 Å². The lowest BCUT2D eigenvalue weighted by Gasteiger charge is -2.20. The second-order valence-electron chi connectivity index (χ2n) is 4.46. The average Bonchev–Trinajstić information content (AvgIpc) is 2.43. The molecule has 0 saturated carbocycles. The lowest BCUT2D eigenvalue weighted by molar-refractivity contribution is -0.131. The van der Waals surface area contributed by atoms with Crippen molar-refractivity contribution in [2.75, 3.05) is 13.6 Å². The molecule has 5 nitrogen and oxygen atoms in total. The number of rotatable bonds is 6. The minimum absolute atomic E-state index is 0.0249. The summed E-state index contributed by atoms with van der Waals surface area (Å²) in [5, 5.41) is 12.0. The van der Waals surface area contributed by atoms with Crippen molar-refractivity contribution < 1.29 is 14.7 Å². The third-order valence-corrected chi connectivity index (χ3v) is 3.01. The van der Waals surface area contributed by atoms with Gasteiger partial charge in [0.15, 0.2) is 0 Å². The molecule has 19 heavy (non-hydrogen) atoms. The van der Waals surface area contributed by atoms with Crippen LogP contribution < -0.4 is 5.32 Å². The highest BCUT2D eigenvalue weighted by Crippen LogP contribution is 2.05. The Morgan fingerprint density at radius 3 is 2.68 bits per heavy atom. The molecular weight excluding hydrogens is 244 g/mol. The van der Waals surface area contributed by atoms with Gasteiger partial charge >= 0.3 is 5.97 Å². The number of carbonyl (C=O) groups excluding carboxylic acids is 1. The standard InChI is InChI=1S/C14H20N2O3/c1-4-16(3)13(17)10(2)15-9-11-6-5-7-12(8-11)14(18)19/h5-8,10,15H,4,9H2,1-3H3,(H,18,19). The third-order valence-electron chi connectivity index (χ3n) is 3.01. The molecule has 1 rings (SSSR count). The minimum atomic E-state index is -0.948. The Bertz CT molecular complexity index is 460. The fraction of sp³-hybridized carbons (Fsp3) is 0.429. The second-order valence-corrected chi connectivity index (χ2v) is 4.46. The number of carboxylic acids is 1. The molecule has 0 aliphatic heterocycles. The van der Waals surface area contributed by atoms with E-state index in [-0.39, 0.29) is 17.5 Å². The molecule has 0 radical (unpaired) electrons. The lowest BCUT2D eigenvalue weighted by atomic mass is 10.1. The summed E-state index contributed by atoms with van der Waals surface area (Å²) in [6.07, 6.45) is 0. The van der Waals surface area contributed by atoms with Gasteiger partial charge in [-0.15, -0.1) is 0 Å². The van der Waals surface area contributed by atoms with Crippen LogP contribution in [0.1, 0.15) is 29.8 Å². The summed E-state index contributed by atoms with van der Waals surface area (Å²) in [5.41, 5.74) is 1.10. The van der Waals surface area contributed by atoms with E-state index >= 15 is 0 Å². The van der Waals surface area contributed by atoms with Gasteiger partial charge < -0.3 is 15.3 Å². The van der Waals surface area contributed by atoms with Crippen molar-refractivity contribution in [2.24, 2.45) is 0 Å². The summed E-state index contributed by atoms with van der Waals surface area (Å²) < 4.78 is 0. The van der Waals surface area contributed by atoms with Gasteiger partial charge in [-0.05, 0) is 31.5 Å². The fourth-order valence-corrected chi connectivity index (χ4v) is 1.66. The molecule has 0 heterocycles. The average molecular weight is 264 g/mol. The summed E-state index contributed by atoms with van der Waals surface area (Å²) in [6, 6.07) is 6.39. The van der Waals surface area contributed by atoms with E-state index in [9.17, 15) is 9.59 Å². The highest BCUT2D eigenvalue weighted by atomic mass is 16.4. The largest absolute Gasteiger partial charge is 0.478 e. The van der Waals surface area contributed by atoms with E-state index in [1.54, 1.807) is 37.1 Å². The van der Waals surface area contributed by atoms with E-state index < -0.39 is 5.97 Å². The van der Waals surface area contributed by atoms with Gasteiger partial charge in [-0.1, -0.05) is 12.1 Å². The first kappa shape index (κ1) is 15.2. The van der Waals surface area contributed by atoms with E-state index in [0.29, 0.717) is 13.1 Å². The quantitative estimate of drug-likeness (QED) is 0.813. The number of hydrogen-bond donors (Lipinski definition) is 2. The van der Waals surface area contributed by atoms with Crippen LogP contribution in [0, 0.1) is 0 Å². The molecule has 1 amide bonds. The summed E-state index contributed by atoms with van der Waals surface area (Å²) in [4.78, 5) is 24.3. The maximum absolute atomic E-state index is 11.8. The van der Waals surface area contributed by atoms with Crippen LogP contribution in [0.4, 0.5) is 0 Å². The molecule has 0 aliphatic carbocycles. The summed E-state index contributed by atoms with van der Waals surface area (Å²) in [5.74, 6) is -0.923. The van der Waals surface area contributed by atoms with Crippen molar-refractivity contribution in [1.29, 1.82) is 0 Å². The first-order valence-corrected chi connectivity index (χ1v) is 6.26. The lowest BCUT2D eigenvalue weighted by Crippen LogP contribution is -2.42. The highest BCUT2D eigenvalue weighted by molar-refractivity contribution is 5.87. The molecule has 2 N–H and O–H groups in total. The van der Waals surface area contributed by atoms with E-state index in [1.807, 2.05) is 13.0 Å². The fourth-order valence-electron chi connectivity index (χ4n) is 1.66. The van der Waals surface area contributed by atoms with E-state index in [2.05, 4.69) is 5.32 Å². The number of hydrogen-bond acceptors (Lipinski definition) is 3. The third kappa shape index (κ3) is 4.37. The normalized spacial score (nSPS) is 11.9. The van der Waals surface area contributed by atoms with Crippen molar-refractivity contribution in [2.45, 2.75) is 26.4 Å². The molecule has 1 unspecified atom stereocenters. The van der Waals surface area contributed by atoms with E-state index in [1.165, 1.54) is 0 Å². The smallest absolute Gasteiger partial charge is 0.335 e. The Morgan fingerprint density at radius 1 is 1.42 bits per heavy atom. The second kappa shape index (κ2) is 6.89. The number of carboxylic acid groups (broad SMARTS) is 1. The van der Waals surface area contributed by atoms with Gasteiger partial charge in [0.1, 0.15) is 0 Å². The summed E-state index contributed by atoms with van der Waals surface area (Å²) in [7, 11) is 1.76. The Hall–Kier alpha value is -1.88. The van der Waals surface area contributed by atoms with Crippen LogP contribution in [0.5, 0.6) is 0 Å². The number of nitrogens with one attached hydrogen (secondary N) is 1. The molecule has 104 valence electrons. The Labute approximate surface area is 113 Å². The van der Waals surface area contributed by atoms with Gasteiger partial charge in [0, 0.05) is 20.1 Å². The number of aromatic carboxylic acids is 1. The predicted molar refractivity (Wildman–Crippen MR) is 73.0 cm³/mol. The monoisotopic (exact) mass is 264 g/mol. The Kier molecular flexibility index (Phi) is 5.51. The molecule has 0 saturated heterocycles. The van der Waals surface area contributed by atoms with Crippen LogP contribution in [0.3, 0.4) is 0 Å². The molecule has 1 aromatic rings. The zero-order valence-electron chi connectivity index (χ0n) is 11.5. The van der Waals surface area contributed by atoms with E-state index in [0.717, 1.165) is 5.56 Å². The van der Waals surface area contributed by atoms with Gasteiger partial charge in [-0.25, -0.2) is 4.79 Å². The molecule has 5 heteroatoms. The first-order chi connectivity index (χ1) is 8.95. The van der Waals surface area contributed by atoms with Crippen molar-refractivity contribution in [3.63, 3.8) is 0 Å². The van der Waals surface area contributed by atoms with Gasteiger partial charge in [0.05, 0.1) is 11.6 Å². The number of amides is 1. The van der Waals surface area contributed by atoms with Crippen molar-refractivity contribution in [1.82, 2.24) is 10.2 Å². The van der Waals surface area contributed by atoms with Crippen LogP contribution >= 0.6 is 0 Å². The van der Waals surface area contributed by atoms with Crippen LogP contribution in [-0.2, 0) is 11.3 Å². The first-order valence-electron chi connectivity index (χ1n) is 6.26. The van der Waals surface area contributed by atoms with Crippen LogP contribution in [0.15, 0.2) is 24.3 Å². The zero-order valence-corrected chi connectivity index (χ0v) is 11.5. The van der Waals surface area contributed by atoms with Gasteiger partial charge in [-0.3, -0.25) is 4.79 Å². The molecule has 1 atom stereocenters. The summed E-state index contributed by atoms with van der Waals surface area (Å²) >= 11 is 0. The molecule has 0 bridgehead atoms. The van der Waals surface area contributed by atoms with Crippen molar-refractivity contribution in [3.8, 4) is 0 Å². The molecule has 0 fully saturated rings. The molecule has 0 spiro atoms. The summed E-state index contributed by atoms with van der Waals surface area (Å²) in [6.45, 7) is 4.85. The van der Waals surface area contributed by atoms with E-state index in [4.69, 9.17) is 5.11 Å². The topological polar surface area (TPSA) is 69.6 Å². The molecular formula is C14H20N2O3. The molecule has 0 aliphatic rings. The Balaban J connectivity index is 2.59. The maximum atomic E-state index is 11.8.